The van der Waals surface area contributed by atoms with E-state index < -0.39 is 0 Å². The van der Waals surface area contributed by atoms with Crippen molar-refractivity contribution in [2.24, 2.45) is 5.11 Å². The highest BCUT2D eigenvalue weighted by Crippen LogP contribution is 2.06. The van der Waals surface area contributed by atoms with Crippen molar-refractivity contribution in [1.29, 1.82) is 0 Å². The predicted octanol–water partition coefficient (Wildman–Crippen LogP) is 2.51. The van der Waals surface area contributed by atoms with Gasteiger partial charge in [0.25, 0.3) is 0 Å². The highest BCUT2D eigenvalue weighted by atomic mass is 35.5. The van der Waals surface area contributed by atoms with E-state index in [0.717, 1.165) is 13.0 Å². The zero-order valence-corrected chi connectivity index (χ0v) is 7.42. The summed E-state index contributed by atoms with van der Waals surface area (Å²) in [5.41, 5.74) is 7.93. The summed E-state index contributed by atoms with van der Waals surface area (Å²) in [7, 11) is 0. The predicted molar refractivity (Wildman–Crippen MR) is 44.9 cm³/mol. The molecule has 0 aromatic rings. The van der Waals surface area contributed by atoms with Gasteiger partial charge >= 0.3 is 0 Å². The molecular weight excluding hydrogens is 189 g/mol. The molecule has 1 aliphatic heterocycles. The van der Waals surface area contributed by atoms with Crippen LogP contribution in [0.3, 0.4) is 0 Å². The molecule has 0 aromatic carbocycles. The summed E-state index contributed by atoms with van der Waals surface area (Å²) in [5, 5.41) is 3.67. The van der Waals surface area contributed by atoms with Crippen molar-refractivity contribution < 1.29 is 4.74 Å². The van der Waals surface area contributed by atoms with Crippen molar-refractivity contribution >= 4 is 23.2 Å². The van der Waals surface area contributed by atoms with Gasteiger partial charge in [0.2, 0.25) is 0 Å². The first-order chi connectivity index (χ1) is 5.35. The Hall–Kier alpha value is -0.150. The van der Waals surface area contributed by atoms with Gasteiger partial charge in [0.1, 0.15) is 0 Å². The van der Waals surface area contributed by atoms with Crippen LogP contribution in [-0.2, 0) is 4.74 Å². The summed E-state index contributed by atoms with van der Waals surface area (Å²) in [4.78, 5) is 2.66. The third-order valence-electron chi connectivity index (χ3n) is 1.12. The highest BCUT2D eigenvalue weighted by Gasteiger charge is 2.12. The number of ether oxygens (including phenoxy) is 1. The zero-order valence-electron chi connectivity index (χ0n) is 5.91. The Morgan fingerprint density at radius 2 is 2.27 bits per heavy atom. The SMILES string of the molecule is ClCCl.[N-]=[N+]=N[C@H]1CCOC1. The minimum atomic E-state index is 0.0972. The highest BCUT2D eigenvalue weighted by molar-refractivity contribution is 6.40. The maximum absolute atomic E-state index is 7.93. The molecule has 0 radical (unpaired) electrons. The molecule has 0 unspecified atom stereocenters. The van der Waals surface area contributed by atoms with Crippen LogP contribution in [0.15, 0.2) is 5.11 Å². The van der Waals surface area contributed by atoms with Gasteiger partial charge in [-0.15, -0.1) is 23.2 Å². The van der Waals surface area contributed by atoms with Crippen molar-refractivity contribution in [2.45, 2.75) is 12.5 Å². The van der Waals surface area contributed by atoms with Crippen LogP contribution in [0.2, 0.25) is 0 Å². The summed E-state index contributed by atoms with van der Waals surface area (Å²) >= 11 is 9.53. The van der Waals surface area contributed by atoms with Crippen LogP contribution in [0, 0.1) is 0 Å². The molecule has 1 saturated heterocycles. The fourth-order valence-corrected chi connectivity index (χ4v) is 0.686. The first-order valence-electron chi connectivity index (χ1n) is 3.09. The molecule has 1 heterocycles. The molecule has 4 nitrogen and oxygen atoms in total. The first kappa shape index (κ1) is 10.8. The van der Waals surface area contributed by atoms with Gasteiger partial charge in [-0.2, -0.15) is 0 Å². The summed E-state index contributed by atoms with van der Waals surface area (Å²) in [5.74, 6) is 0. The molecule has 1 aliphatic rings. The second-order valence-electron chi connectivity index (χ2n) is 1.82. The van der Waals surface area contributed by atoms with Crippen LogP contribution in [0.4, 0.5) is 0 Å². The van der Waals surface area contributed by atoms with E-state index in [2.05, 4.69) is 10.0 Å². The van der Waals surface area contributed by atoms with Crippen molar-refractivity contribution in [3.63, 3.8) is 0 Å². The molecule has 1 atom stereocenters. The lowest BCUT2D eigenvalue weighted by atomic mass is 10.3. The Bertz CT molecular complexity index is 132. The largest absolute Gasteiger partial charge is 0.381 e. The Balaban J connectivity index is 0.000000292. The Kier molecular flexibility index (Phi) is 7.84. The number of hydrogen-bond acceptors (Lipinski definition) is 2. The maximum Gasteiger partial charge on any atom is 0.0967 e. The second-order valence-corrected chi connectivity index (χ2v) is 2.63. The minimum Gasteiger partial charge on any atom is -0.381 e. The third kappa shape index (κ3) is 6.26. The average molecular weight is 198 g/mol. The van der Waals surface area contributed by atoms with Gasteiger partial charge in [-0.25, -0.2) is 0 Å². The quantitative estimate of drug-likeness (QED) is 0.276. The van der Waals surface area contributed by atoms with Gasteiger partial charge < -0.3 is 4.74 Å². The van der Waals surface area contributed by atoms with E-state index in [4.69, 9.17) is 33.5 Å². The van der Waals surface area contributed by atoms with E-state index >= 15 is 0 Å². The average Bonchev–Trinajstić information content (AvgIpc) is 2.42. The van der Waals surface area contributed by atoms with E-state index in [1.54, 1.807) is 0 Å². The monoisotopic (exact) mass is 197 g/mol. The molecule has 64 valence electrons. The van der Waals surface area contributed by atoms with Gasteiger partial charge in [0, 0.05) is 11.5 Å². The number of halogens is 2. The number of hydrogen-bond donors (Lipinski definition) is 0. The molecule has 1 fully saturated rings. The number of alkyl halides is 2. The van der Waals surface area contributed by atoms with Crippen LogP contribution in [0.5, 0.6) is 0 Å². The number of nitrogens with zero attached hydrogens (tertiary/aromatic N) is 3. The first-order valence-corrected chi connectivity index (χ1v) is 4.16. The molecule has 0 bridgehead atoms. The zero-order chi connectivity index (χ0) is 8.53. The summed E-state index contributed by atoms with van der Waals surface area (Å²) in [6.45, 7) is 1.34. The van der Waals surface area contributed by atoms with Crippen LogP contribution < -0.4 is 0 Å². The van der Waals surface area contributed by atoms with Crippen LogP contribution >= 0.6 is 23.2 Å². The normalized spacial score (nSPS) is 21.5. The van der Waals surface area contributed by atoms with E-state index in [9.17, 15) is 0 Å². The Morgan fingerprint density at radius 1 is 1.64 bits per heavy atom. The van der Waals surface area contributed by atoms with Gasteiger partial charge in [-0.3, -0.25) is 0 Å². The topological polar surface area (TPSA) is 58.0 Å². The molecule has 0 spiro atoms. The molecule has 0 N–H and O–H groups in total. The Morgan fingerprint density at radius 3 is 2.64 bits per heavy atom. The lowest BCUT2D eigenvalue weighted by molar-refractivity contribution is 0.194. The van der Waals surface area contributed by atoms with Crippen molar-refractivity contribution in [3.05, 3.63) is 10.4 Å². The number of azide groups is 1. The second kappa shape index (κ2) is 7.95. The lowest BCUT2D eigenvalue weighted by Gasteiger charge is -1.90. The summed E-state index contributed by atoms with van der Waals surface area (Å²) in [6, 6.07) is 0.0972. The van der Waals surface area contributed by atoms with Crippen LogP contribution in [0.1, 0.15) is 6.42 Å². The fourth-order valence-electron chi connectivity index (χ4n) is 0.686. The summed E-state index contributed by atoms with van der Waals surface area (Å²) in [6.07, 6.45) is 0.879. The molecule has 0 amide bonds. The van der Waals surface area contributed by atoms with Gasteiger partial charge in [-0.1, -0.05) is 5.11 Å². The smallest absolute Gasteiger partial charge is 0.0967 e. The third-order valence-corrected chi connectivity index (χ3v) is 1.12. The van der Waals surface area contributed by atoms with E-state index in [1.165, 1.54) is 0 Å². The molecule has 0 saturated carbocycles. The van der Waals surface area contributed by atoms with Crippen LogP contribution in [0.25, 0.3) is 10.4 Å². The molecule has 1 rings (SSSR count). The summed E-state index contributed by atoms with van der Waals surface area (Å²) < 4.78 is 4.94. The van der Waals surface area contributed by atoms with E-state index in [0.29, 0.717) is 6.61 Å². The Labute approximate surface area is 75.1 Å². The van der Waals surface area contributed by atoms with Crippen molar-refractivity contribution in [3.8, 4) is 0 Å². The van der Waals surface area contributed by atoms with E-state index in [1.807, 2.05) is 0 Å². The standard InChI is InChI=1S/C4H7N3O.CH2Cl2/c5-7-6-4-1-2-8-3-4;2-1-3/h4H,1-3H2;1H2/t4-;/m0./s1. The fraction of sp³-hybridized carbons (Fsp3) is 1.00. The number of rotatable bonds is 1. The lowest BCUT2D eigenvalue weighted by Crippen LogP contribution is -1.99. The minimum absolute atomic E-state index is 0.0972. The van der Waals surface area contributed by atoms with Gasteiger partial charge in [0.15, 0.2) is 0 Å². The van der Waals surface area contributed by atoms with E-state index in [-0.39, 0.29) is 11.4 Å². The van der Waals surface area contributed by atoms with Crippen LogP contribution in [-0.4, -0.2) is 24.6 Å². The maximum atomic E-state index is 7.93. The van der Waals surface area contributed by atoms with Gasteiger partial charge in [0.05, 0.1) is 18.0 Å². The molecule has 11 heavy (non-hydrogen) atoms. The van der Waals surface area contributed by atoms with Gasteiger partial charge in [-0.05, 0) is 12.0 Å². The molecule has 0 aliphatic carbocycles. The molecular formula is C5H9Cl2N3O. The van der Waals surface area contributed by atoms with Crippen molar-refractivity contribution in [2.75, 3.05) is 18.6 Å². The van der Waals surface area contributed by atoms with Crippen molar-refractivity contribution in [1.82, 2.24) is 0 Å². The molecule has 0 aromatic heterocycles. The molecule has 6 heteroatoms.